The van der Waals surface area contributed by atoms with Gasteiger partial charge in [-0.2, -0.15) is 4.98 Å². The predicted molar refractivity (Wildman–Crippen MR) is 147 cm³/mol. The van der Waals surface area contributed by atoms with E-state index in [-0.39, 0.29) is 18.7 Å². The number of carbonyl (C=O) groups excluding carboxylic acids is 1. The number of amides is 1. The van der Waals surface area contributed by atoms with Crippen LogP contribution in [0.2, 0.25) is 0 Å². The van der Waals surface area contributed by atoms with Crippen molar-refractivity contribution in [3.63, 3.8) is 0 Å². The van der Waals surface area contributed by atoms with Crippen LogP contribution < -0.4 is 9.80 Å². The molecule has 2 fully saturated rings. The van der Waals surface area contributed by atoms with Crippen molar-refractivity contribution < 1.29 is 19.4 Å². The van der Waals surface area contributed by atoms with E-state index >= 15 is 0 Å². The molecule has 11 heteroatoms. The molecule has 38 heavy (non-hydrogen) atoms. The molecule has 0 saturated carbocycles. The Kier molecular flexibility index (Phi) is 8.54. The lowest BCUT2D eigenvalue weighted by molar-refractivity contribution is -0.137. The van der Waals surface area contributed by atoms with E-state index in [1.165, 1.54) is 5.56 Å². The Morgan fingerprint density at radius 1 is 0.921 bits per heavy atom. The van der Waals surface area contributed by atoms with Crippen LogP contribution in [0, 0.1) is 0 Å². The summed E-state index contributed by atoms with van der Waals surface area (Å²) in [5.41, 5.74) is 2.07. The number of carboxylic acid groups (broad SMARTS) is 1. The molecule has 0 radical (unpaired) electrons. The van der Waals surface area contributed by atoms with Crippen molar-refractivity contribution in [3.8, 4) is 0 Å². The summed E-state index contributed by atoms with van der Waals surface area (Å²) in [7, 11) is 0. The van der Waals surface area contributed by atoms with E-state index in [0.717, 1.165) is 40.6 Å². The summed E-state index contributed by atoms with van der Waals surface area (Å²) in [6.45, 7) is 5.19. The average Bonchev–Trinajstić information content (AvgIpc) is 2.96. The van der Waals surface area contributed by atoms with Crippen molar-refractivity contribution in [3.05, 3.63) is 48.2 Å². The molecule has 0 spiro atoms. The van der Waals surface area contributed by atoms with E-state index in [1.807, 2.05) is 35.4 Å². The maximum atomic E-state index is 12.5. The number of aromatic nitrogens is 3. The fourth-order valence-electron chi connectivity index (χ4n) is 4.70. The zero-order valence-electron chi connectivity index (χ0n) is 21.3. The minimum Gasteiger partial charge on any atom is -0.481 e. The number of hydrogen-bond donors (Lipinski definition) is 1. The van der Waals surface area contributed by atoms with Crippen molar-refractivity contribution in [1.29, 1.82) is 0 Å². The Hall–Kier alpha value is -3.44. The second kappa shape index (κ2) is 12.4. The standard InChI is InChI=1S/C27H32N6O4S/c34-22(7-4-8-23(35)36)31-11-13-33(14-12-31)27-29-24-21(25(30-27)32-15-17-37-18-16-32)9-10-28-26(24)38-19-20-5-2-1-3-6-20/h1-3,5-6,9-10H,4,7-8,11-19H2,(H,35,36). The Bertz CT molecular complexity index is 1260. The van der Waals surface area contributed by atoms with E-state index in [1.54, 1.807) is 11.8 Å². The topological polar surface area (TPSA) is 112 Å². The van der Waals surface area contributed by atoms with Gasteiger partial charge in [0.05, 0.1) is 13.2 Å². The molecule has 10 nitrogen and oxygen atoms in total. The van der Waals surface area contributed by atoms with E-state index in [0.29, 0.717) is 51.8 Å². The summed E-state index contributed by atoms with van der Waals surface area (Å²) in [6, 6.07) is 12.3. The normalized spacial score (nSPS) is 16.2. The molecule has 2 aliphatic heterocycles. The number of benzene rings is 1. The van der Waals surface area contributed by atoms with Gasteiger partial charge in [0.15, 0.2) is 0 Å². The summed E-state index contributed by atoms with van der Waals surface area (Å²) in [5, 5.41) is 10.7. The first-order valence-electron chi connectivity index (χ1n) is 13.0. The minimum atomic E-state index is -0.872. The van der Waals surface area contributed by atoms with Crippen molar-refractivity contribution >= 4 is 46.3 Å². The number of carbonyl (C=O) groups is 2. The zero-order valence-corrected chi connectivity index (χ0v) is 22.1. The van der Waals surface area contributed by atoms with Crippen molar-refractivity contribution in [2.24, 2.45) is 0 Å². The number of anilines is 2. The summed E-state index contributed by atoms with van der Waals surface area (Å²) in [6.07, 6.45) is 2.46. The first-order valence-corrected chi connectivity index (χ1v) is 14.0. The maximum Gasteiger partial charge on any atom is 0.303 e. The van der Waals surface area contributed by atoms with Crippen LogP contribution in [0.25, 0.3) is 10.9 Å². The quantitative estimate of drug-likeness (QED) is 0.410. The molecule has 2 saturated heterocycles. The van der Waals surface area contributed by atoms with E-state index < -0.39 is 5.97 Å². The first-order chi connectivity index (χ1) is 18.6. The summed E-state index contributed by atoms with van der Waals surface area (Å²) in [5.74, 6) is 1.46. The van der Waals surface area contributed by atoms with Gasteiger partial charge in [0, 0.05) is 69.4 Å². The number of piperazine rings is 1. The van der Waals surface area contributed by atoms with Crippen LogP contribution >= 0.6 is 11.8 Å². The van der Waals surface area contributed by atoms with Crippen molar-refractivity contribution in [2.45, 2.75) is 30.0 Å². The smallest absolute Gasteiger partial charge is 0.303 e. The van der Waals surface area contributed by atoms with Crippen LogP contribution in [0.4, 0.5) is 11.8 Å². The Morgan fingerprint density at radius 3 is 2.42 bits per heavy atom. The molecule has 5 rings (SSSR count). The highest BCUT2D eigenvalue weighted by Gasteiger charge is 2.26. The highest BCUT2D eigenvalue weighted by molar-refractivity contribution is 7.98. The molecular formula is C27H32N6O4S. The maximum absolute atomic E-state index is 12.5. The number of rotatable bonds is 9. The van der Waals surface area contributed by atoms with Crippen LogP contribution in [0.1, 0.15) is 24.8 Å². The van der Waals surface area contributed by atoms with Crippen LogP contribution in [-0.2, 0) is 20.1 Å². The largest absolute Gasteiger partial charge is 0.481 e. The third kappa shape index (κ3) is 6.33. The van der Waals surface area contributed by atoms with Gasteiger partial charge in [-0.25, -0.2) is 9.97 Å². The third-order valence-corrected chi connectivity index (χ3v) is 7.82. The third-order valence-electron chi connectivity index (χ3n) is 6.77. The lowest BCUT2D eigenvalue weighted by Crippen LogP contribution is -2.49. The minimum absolute atomic E-state index is 0.00290. The first kappa shape index (κ1) is 26.2. The number of ether oxygens (including phenoxy) is 1. The molecule has 2 aromatic heterocycles. The fraction of sp³-hybridized carbons (Fsp3) is 0.444. The van der Waals surface area contributed by atoms with E-state index in [9.17, 15) is 9.59 Å². The molecule has 1 amide bonds. The highest BCUT2D eigenvalue weighted by atomic mass is 32.2. The number of aliphatic carboxylic acids is 1. The van der Waals surface area contributed by atoms with Crippen LogP contribution in [-0.4, -0.2) is 89.3 Å². The van der Waals surface area contributed by atoms with Gasteiger partial charge >= 0.3 is 5.97 Å². The number of pyridine rings is 1. The SMILES string of the molecule is O=C(O)CCCC(=O)N1CCN(c2nc(N3CCOCC3)c3ccnc(SCc4ccccc4)c3n2)CC1. The number of nitrogens with zero attached hydrogens (tertiary/aromatic N) is 6. The Labute approximate surface area is 226 Å². The molecule has 0 bridgehead atoms. The molecule has 0 unspecified atom stereocenters. The van der Waals surface area contributed by atoms with Gasteiger partial charge in [-0.05, 0) is 18.1 Å². The number of hydrogen-bond acceptors (Lipinski definition) is 9. The Balaban J connectivity index is 1.38. The molecule has 3 aromatic rings. The van der Waals surface area contributed by atoms with Crippen molar-refractivity contribution in [1.82, 2.24) is 19.9 Å². The zero-order chi connectivity index (χ0) is 26.3. The lowest BCUT2D eigenvalue weighted by Gasteiger charge is -2.36. The predicted octanol–water partition coefficient (Wildman–Crippen LogP) is 3.06. The van der Waals surface area contributed by atoms with Gasteiger partial charge in [0.1, 0.15) is 16.4 Å². The Morgan fingerprint density at radius 2 is 1.68 bits per heavy atom. The van der Waals surface area contributed by atoms with Gasteiger partial charge in [-0.3, -0.25) is 9.59 Å². The molecular weight excluding hydrogens is 504 g/mol. The second-order valence-electron chi connectivity index (χ2n) is 9.35. The van der Waals surface area contributed by atoms with Gasteiger partial charge in [-0.1, -0.05) is 42.1 Å². The van der Waals surface area contributed by atoms with Crippen LogP contribution in [0.3, 0.4) is 0 Å². The van der Waals surface area contributed by atoms with Gasteiger partial charge in [-0.15, -0.1) is 0 Å². The number of fused-ring (bicyclic) bond motifs is 1. The highest BCUT2D eigenvalue weighted by Crippen LogP contribution is 2.33. The van der Waals surface area contributed by atoms with Crippen LogP contribution in [0.15, 0.2) is 47.6 Å². The summed E-state index contributed by atoms with van der Waals surface area (Å²) in [4.78, 5) is 44.2. The molecule has 0 atom stereocenters. The average molecular weight is 537 g/mol. The molecule has 1 aromatic carbocycles. The molecule has 0 aliphatic carbocycles. The van der Waals surface area contributed by atoms with Gasteiger partial charge in [0.2, 0.25) is 11.9 Å². The number of thioether (sulfide) groups is 1. The summed E-state index contributed by atoms with van der Waals surface area (Å²) >= 11 is 1.67. The molecule has 200 valence electrons. The molecule has 1 N–H and O–H groups in total. The van der Waals surface area contributed by atoms with Gasteiger partial charge < -0.3 is 24.5 Å². The van der Waals surface area contributed by atoms with Crippen LogP contribution in [0.5, 0.6) is 0 Å². The number of carboxylic acids is 1. The lowest BCUT2D eigenvalue weighted by atomic mass is 10.2. The molecule has 2 aliphatic rings. The number of morpholine rings is 1. The summed E-state index contributed by atoms with van der Waals surface area (Å²) < 4.78 is 5.58. The van der Waals surface area contributed by atoms with E-state index in [2.05, 4.69) is 26.9 Å². The van der Waals surface area contributed by atoms with E-state index in [4.69, 9.17) is 19.8 Å². The second-order valence-corrected chi connectivity index (χ2v) is 10.3. The monoisotopic (exact) mass is 536 g/mol. The van der Waals surface area contributed by atoms with Gasteiger partial charge in [0.25, 0.3) is 0 Å². The fourth-order valence-corrected chi connectivity index (χ4v) is 5.62. The molecule has 4 heterocycles. The van der Waals surface area contributed by atoms with Crippen molar-refractivity contribution in [2.75, 3.05) is 62.3 Å².